The number of quaternary nitrogens is 1. The number of carbonyl (C=O) groups is 1. The molecule has 0 atom stereocenters. The van der Waals surface area contributed by atoms with Gasteiger partial charge in [-0.25, -0.2) is 9.97 Å². The summed E-state index contributed by atoms with van der Waals surface area (Å²) in [6.45, 7) is 14.0. The monoisotopic (exact) mass is 434 g/mol. The van der Waals surface area contributed by atoms with E-state index in [0.29, 0.717) is 18.1 Å². The molecule has 0 saturated carbocycles. The van der Waals surface area contributed by atoms with Crippen molar-refractivity contribution in [1.29, 1.82) is 0 Å². The Morgan fingerprint density at radius 3 is 2.50 bits per heavy atom. The summed E-state index contributed by atoms with van der Waals surface area (Å²) in [5, 5.41) is 3.61. The van der Waals surface area contributed by atoms with Crippen LogP contribution in [-0.4, -0.2) is 56.1 Å². The SMILES string of the molecule is CCN(CC)c1cc(C(C)(C)C)nc(SCc2ccc(C(=O)NCC[NH+](C)C)o2)n1. The van der Waals surface area contributed by atoms with E-state index in [1.54, 1.807) is 6.07 Å². The van der Waals surface area contributed by atoms with Crippen LogP contribution in [0.1, 0.15) is 56.6 Å². The summed E-state index contributed by atoms with van der Waals surface area (Å²) in [6.07, 6.45) is 0. The van der Waals surface area contributed by atoms with Crippen LogP contribution in [0.2, 0.25) is 0 Å². The molecule has 0 aliphatic carbocycles. The van der Waals surface area contributed by atoms with Gasteiger partial charge >= 0.3 is 0 Å². The van der Waals surface area contributed by atoms with E-state index in [1.165, 1.54) is 16.7 Å². The number of aromatic nitrogens is 2. The van der Waals surface area contributed by atoms with Crippen molar-refractivity contribution in [3.05, 3.63) is 35.4 Å². The van der Waals surface area contributed by atoms with Crippen LogP contribution in [0.15, 0.2) is 27.8 Å². The number of thioether (sulfide) groups is 1. The van der Waals surface area contributed by atoms with Gasteiger partial charge in [0.05, 0.1) is 38.6 Å². The lowest BCUT2D eigenvalue weighted by Crippen LogP contribution is -3.06. The molecule has 0 aromatic carbocycles. The number of carbonyl (C=O) groups excluding carboxylic acids is 1. The van der Waals surface area contributed by atoms with E-state index < -0.39 is 0 Å². The first-order chi connectivity index (χ1) is 14.1. The maximum atomic E-state index is 12.2. The van der Waals surface area contributed by atoms with Crippen molar-refractivity contribution in [2.75, 3.05) is 45.2 Å². The predicted molar refractivity (Wildman–Crippen MR) is 123 cm³/mol. The number of rotatable bonds is 10. The number of nitrogens with one attached hydrogen (secondary N) is 2. The normalized spacial score (nSPS) is 11.7. The number of nitrogens with zero attached hydrogens (tertiary/aromatic N) is 3. The van der Waals surface area contributed by atoms with Gasteiger partial charge in [0, 0.05) is 24.6 Å². The molecule has 2 heterocycles. The van der Waals surface area contributed by atoms with Crippen molar-refractivity contribution in [3.8, 4) is 0 Å². The molecule has 1 amide bonds. The Morgan fingerprint density at radius 2 is 1.90 bits per heavy atom. The van der Waals surface area contributed by atoms with Crippen LogP contribution >= 0.6 is 11.8 Å². The van der Waals surface area contributed by atoms with Gasteiger partial charge < -0.3 is 19.5 Å². The number of anilines is 1. The van der Waals surface area contributed by atoms with Crippen LogP contribution in [-0.2, 0) is 11.2 Å². The lowest BCUT2D eigenvalue weighted by molar-refractivity contribution is -0.856. The first-order valence-electron chi connectivity index (χ1n) is 10.6. The fourth-order valence-corrected chi connectivity index (χ4v) is 3.55. The first-order valence-corrected chi connectivity index (χ1v) is 11.6. The highest BCUT2D eigenvalue weighted by Gasteiger charge is 2.20. The minimum Gasteiger partial charge on any atom is -0.455 e. The molecule has 0 fully saturated rings. The Labute approximate surface area is 184 Å². The van der Waals surface area contributed by atoms with Crippen molar-refractivity contribution < 1.29 is 14.1 Å². The number of amides is 1. The quantitative estimate of drug-likeness (QED) is 0.442. The molecular weight excluding hydrogens is 398 g/mol. The number of hydrogen-bond donors (Lipinski definition) is 2. The molecule has 166 valence electrons. The fourth-order valence-electron chi connectivity index (χ4n) is 2.80. The number of hydrogen-bond acceptors (Lipinski definition) is 6. The van der Waals surface area contributed by atoms with Crippen molar-refractivity contribution in [1.82, 2.24) is 15.3 Å². The van der Waals surface area contributed by atoms with Crippen LogP contribution in [0, 0.1) is 0 Å². The standard InChI is InChI=1S/C22H35N5O2S/c1-8-27(9-2)19-14-18(22(3,4)5)24-21(25-19)30-15-16-10-11-17(29-16)20(28)23-12-13-26(6)7/h10-11,14H,8-9,12-13,15H2,1-7H3,(H,23,28)/p+1. The Morgan fingerprint density at radius 1 is 1.20 bits per heavy atom. The first kappa shape index (κ1) is 24.2. The third-order valence-corrected chi connectivity index (χ3v) is 5.56. The zero-order valence-electron chi connectivity index (χ0n) is 19.3. The van der Waals surface area contributed by atoms with Gasteiger partial charge in [0.25, 0.3) is 5.91 Å². The molecule has 0 bridgehead atoms. The summed E-state index contributed by atoms with van der Waals surface area (Å²) < 4.78 is 5.74. The summed E-state index contributed by atoms with van der Waals surface area (Å²) in [7, 11) is 4.10. The maximum Gasteiger partial charge on any atom is 0.287 e. The van der Waals surface area contributed by atoms with Gasteiger partial charge in [-0.05, 0) is 26.0 Å². The summed E-state index contributed by atoms with van der Waals surface area (Å²) in [6, 6.07) is 5.65. The lowest BCUT2D eigenvalue weighted by Gasteiger charge is -2.24. The highest BCUT2D eigenvalue weighted by molar-refractivity contribution is 7.98. The van der Waals surface area contributed by atoms with Gasteiger partial charge in [0.15, 0.2) is 10.9 Å². The van der Waals surface area contributed by atoms with Gasteiger partial charge in [-0.3, -0.25) is 4.79 Å². The average Bonchev–Trinajstić information content (AvgIpc) is 3.15. The van der Waals surface area contributed by atoms with Gasteiger partial charge in [0.1, 0.15) is 11.6 Å². The van der Waals surface area contributed by atoms with Crippen LogP contribution in [0.3, 0.4) is 0 Å². The summed E-state index contributed by atoms with van der Waals surface area (Å²) in [5.41, 5.74) is 0.953. The average molecular weight is 435 g/mol. The van der Waals surface area contributed by atoms with E-state index in [-0.39, 0.29) is 11.3 Å². The molecule has 30 heavy (non-hydrogen) atoms. The van der Waals surface area contributed by atoms with E-state index in [9.17, 15) is 4.79 Å². The molecule has 0 unspecified atom stereocenters. The van der Waals surface area contributed by atoms with Gasteiger partial charge in [-0.2, -0.15) is 0 Å². The molecular formula is C22H36N5O2S+. The van der Waals surface area contributed by atoms with Gasteiger partial charge in [-0.15, -0.1) is 0 Å². The summed E-state index contributed by atoms with van der Waals surface area (Å²) in [5.74, 6) is 2.41. The van der Waals surface area contributed by atoms with Gasteiger partial charge in [0.2, 0.25) is 0 Å². The molecule has 2 aromatic heterocycles. The molecule has 2 aromatic rings. The topological polar surface area (TPSA) is 75.7 Å². The molecule has 2 rings (SSSR count). The Balaban J connectivity index is 2.09. The molecule has 8 heteroatoms. The molecule has 2 N–H and O–H groups in total. The van der Waals surface area contributed by atoms with E-state index in [2.05, 4.69) is 65.0 Å². The maximum absolute atomic E-state index is 12.2. The van der Waals surface area contributed by atoms with E-state index >= 15 is 0 Å². The van der Waals surface area contributed by atoms with E-state index in [0.717, 1.165) is 42.1 Å². The molecule has 0 spiro atoms. The Bertz CT molecular complexity index is 825. The minimum atomic E-state index is -0.178. The van der Waals surface area contributed by atoms with Crippen molar-refractivity contribution >= 4 is 23.5 Å². The molecule has 0 radical (unpaired) electrons. The minimum absolute atomic E-state index is 0.0651. The second kappa shape index (κ2) is 10.8. The predicted octanol–water partition coefficient (Wildman–Crippen LogP) is 2.38. The third kappa shape index (κ3) is 7.02. The Hall–Kier alpha value is -2.06. The van der Waals surface area contributed by atoms with E-state index in [4.69, 9.17) is 14.4 Å². The van der Waals surface area contributed by atoms with Crippen LogP contribution in [0.4, 0.5) is 5.82 Å². The molecule has 7 nitrogen and oxygen atoms in total. The number of furan rings is 1. The number of likely N-dealkylation sites (N-methyl/N-ethyl adjacent to an activating group) is 1. The molecule has 0 saturated heterocycles. The van der Waals surface area contributed by atoms with Crippen molar-refractivity contribution in [2.24, 2.45) is 0 Å². The van der Waals surface area contributed by atoms with Gasteiger partial charge in [-0.1, -0.05) is 32.5 Å². The van der Waals surface area contributed by atoms with Crippen LogP contribution < -0.4 is 15.1 Å². The second-order valence-electron chi connectivity index (χ2n) is 8.58. The third-order valence-electron chi connectivity index (χ3n) is 4.69. The van der Waals surface area contributed by atoms with Crippen LogP contribution in [0.25, 0.3) is 0 Å². The summed E-state index contributed by atoms with van der Waals surface area (Å²) in [4.78, 5) is 25.2. The van der Waals surface area contributed by atoms with Crippen molar-refractivity contribution in [2.45, 2.75) is 50.9 Å². The second-order valence-corrected chi connectivity index (χ2v) is 9.53. The largest absolute Gasteiger partial charge is 0.455 e. The Kier molecular flexibility index (Phi) is 8.73. The van der Waals surface area contributed by atoms with Crippen LogP contribution in [0.5, 0.6) is 0 Å². The smallest absolute Gasteiger partial charge is 0.287 e. The fraction of sp³-hybridized carbons (Fsp3) is 0.591. The molecule has 0 aliphatic rings. The van der Waals surface area contributed by atoms with E-state index in [1.807, 2.05) is 6.07 Å². The summed E-state index contributed by atoms with van der Waals surface area (Å²) >= 11 is 1.53. The lowest BCUT2D eigenvalue weighted by atomic mass is 9.92. The highest BCUT2D eigenvalue weighted by atomic mass is 32.2. The zero-order chi connectivity index (χ0) is 22.3. The highest BCUT2D eigenvalue weighted by Crippen LogP contribution is 2.28. The zero-order valence-corrected chi connectivity index (χ0v) is 20.2. The molecule has 0 aliphatic heterocycles. The van der Waals surface area contributed by atoms with Crippen molar-refractivity contribution in [3.63, 3.8) is 0 Å².